The largest absolute Gasteiger partial charge is 0.317 e. The van der Waals surface area contributed by atoms with Gasteiger partial charge in [0.25, 0.3) is 0 Å². The summed E-state index contributed by atoms with van der Waals surface area (Å²) >= 11 is 0. The van der Waals surface area contributed by atoms with Gasteiger partial charge in [0.2, 0.25) is 0 Å². The molecule has 6 heavy (non-hydrogen) atoms. The molecule has 0 aromatic heterocycles. The van der Waals surface area contributed by atoms with Crippen LogP contribution in [0, 0.1) is 0 Å². The molecule has 0 saturated heterocycles. The third-order valence-electron chi connectivity index (χ3n) is 0. The number of hydrogen-bond donors (Lipinski definition) is 4. The summed E-state index contributed by atoms with van der Waals surface area (Å²) < 4.78 is 0. The molecule has 4 nitrogen and oxygen atoms in total. The van der Waals surface area contributed by atoms with Crippen LogP contribution in [0.1, 0.15) is 0 Å². The number of nitrogens with two attached hydrogens (primary N) is 2. The van der Waals surface area contributed by atoms with Crippen molar-refractivity contribution in [2.75, 3.05) is 7.05 Å². The Labute approximate surface area is 42.8 Å². The van der Waals surface area contributed by atoms with Gasteiger partial charge in [-0.3, -0.25) is 11.7 Å². The molecular formula is CH10ClN3O. The molecule has 0 radical (unpaired) electrons. The summed E-state index contributed by atoms with van der Waals surface area (Å²) in [7, 11) is 1.43. The van der Waals surface area contributed by atoms with Gasteiger partial charge in [-0.1, -0.05) is 0 Å². The van der Waals surface area contributed by atoms with Gasteiger partial charge < -0.3 is 5.21 Å². The van der Waals surface area contributed by atoms with Crippen molar-refractivity contribution >= 4 is 12.4 Å². The van der Waals surface area contributed by atoms with Gasteiger partial charge in [-0.05, 0) is 0 Å². The molecule has 0 aromatic rings. The molecule has 0 aliphatic heterocycles. The highest BCUT2D eigenvalue weighted by Gasteiger charge is 1.24. The van der Waals surface area contributed by atoms with Crippen LogP contribution >= 0.6 is 12.4 Å². The highest BCUT2D eigenvalue weighted by molar-refractivity contribution is 5.85. The standard InChI is InChI=1S/CH5NO.ClH.H4N2/c1-2-3;;1-2/h2-3H,1H3;1H;1-2H2. The van der Waals surface area contributed by atoms with Gasteiger partial charge in [0.05, 0.1) is 0 Å². The van der Waals surface area contributed by atoms with E-state index < -0.39 is 0 Å². The molecule has 0 spiro atoms. The molecule has 0 amide bonds. The molecule has 0 unspecified atom stereocenters. The maximum atomic E-state index is 7.32. The smallest absolute Gasteiger partial charge is 0.00929 e. The Morgan fingerprint density at radius 1 is 1.50 bits per heavy atom. The fraction of sp³-hybridized carbons (Fsp3) is 1.00. The Kier molecular flexibility index (Phi) is 188. The van der Waals surface area contributed by atoms with Crippen molar-refractivity contribution in [2.24, 2.45) is 11.7 Å². The van der Waals surface area contributed by atoms with Crippen LogP contribution in [-0.4, -0.2) is 12.3 Å². The SMILES string of the molecule is CNO.Cl.NN. The molecule has 0 aliphatic rings. The Morgan fingerprint density at radius 2 is 1.50 bits per heavy atom. The van der Waals surface area contributed by atoms with Crippen LogP contribution in [0.3, 0.4) is 0 Å². The molecule has 0 atom stereocenters. The van der Waals surface area contributed by atoms with E-state index >= 15 is 0 Å². The van der Waals surface area contributed by atoms with Gasteiger partial charge in [0.1, 0.15) is 0 Å². The number of hydroxylamine groups is 1. The molecule has 42 valence electrons. The zero-order valence-electron chi connectivity index (χ0n) is 3.51. The molecule has 6 N–H and O–H groups in total. The van der Waals surface area contributed by atoms with Crippen LogP contribution in [-0.2, 0) is 0 Å². The summed E-state index contributed by atoms with van der Waals surface area (Å²) in [5, 5.41) is 7.32. The second-order valence-corrected chi connectivity index (χ2v) is 0.224. The van der Waals surface area contributed by atoms with Crippen LogP contribution < -0.4 is 17.2 Å². The number of nitrogens with one attached hydrogen (secondary N) is 1. The minimum atomic E-state index is 0. The van der Waals surface area contributed by atoms with E-state index in [0.717, 1.165) is 0 Å². The lowest BCUT2D eigenvalue weighted by Crippen LogP contribution is -2.02. The molecule has 0 heterocycles. The molecular weight excluding hydrogens is 105 g/mol. The number of hydrazine groups is 1. The lowest BCUT2D eigenvalue weighted by atomic mass is 11.6. The minimum absolute atomic E-state index is 0. The average molecular weight is 116 g/mol. The van der Waals surface area contributed by atoms with Gasteiger partial charge in [-0.25, -0.2) is 5.48 Å². The maximum Gasteiger partial charge on any atom is 0.00929 e. The number of halogens is 1. The van der Waals surface area contributed by atoms with E-state index in [0.29, 0.717) is 0 Å². The predicted molar refractivity (Wildman–Crippen MR) is 26.5 cm³/mol. The van der Waals surface area contributed by atoms with E-state index in [4.69, 9.17) is 5.21 Å². The highest BCUT2D eigenvalue weighted by atomic mass is 35.5. The summed E-state index contributed by atoms with van der Waals surface area (Å²) in [5.41, 5.74) is 1.75. The van der Waals surface area contributed by atoms with Gasteiger partial charge in [-0.2, -0.15) is 0 Å². The van der Waals surface area contributed by atoms with E-state index in [1.165, 1.54) is 7.05 Å². The van der Waals surface area contributed by atoms with Crippen LogP contribution in [0.5, 0.6) is 0 Å². The first-order valence-corrected chi connectivity index (χ1v) is 1.06. The lowest BCUT2D eigenvalue weighted by Gasteiger charge is -1.60. The Bertz CT molecular complexity index is 10.8. The molecule has 0 fully saturated rings. The van der Waals surface area contributed by atoms with E-state index in [1.807, 2.05) is 0 Å². The van der Waals surface area contributed by atoms with Crippen molar-refractivity contribution in [3.8, 4) is 0 Å². The third-order valence-corrected chi connectivity index (χ3v) is 0. The first-order valence-electron chi connectivity index (χ1n) is 1.06. The highest BCUT2D eigenvalue weighted by Crippen LogP contribution is 0.957. The van der Waals surface area contributed by atoms with Crippen molar-refractivity contribution < 1.29 is 5.21 Å². The summed E-state index contributed by atoms with van der Waals surface area (Å²) in [6, 6.07) is 0. The van der Waals surface area contributed by atoms with E-state index in [-0.39, 0.29) is 12.4 Å². The molecule has 0 bridgehead atoms. The fourth-order valence-corrected chi connectivity index (χ4v) is 0. The second kappa shape index (κ2) is 68.5. The van der Waals surface area contributed by atoms with E-state index in [9.17, 15) is 0 Å². The fourth-order valence-electron chi connectivity index (χ4n) is 0. The Balaban J connectivity index is -0.0000000275. The van der Waals surface area contributed by atoms with Crippen LogP contribution in [0.15, 0.2) is 0 Å². The molecule has 0 saturated carbocycles. The maximum absolute atomic E-state index is 7.32. The van der Waals surface area contributed by atoms with Crippen LogP contribution in [0.2, 0.25) is 0 Å². The molecule has 5 heteroatoms. The zero-order chi connectivity index (χ0) is 4.71. The van der Waals surface area contributed by atoms with Crippen molar-refractivity contribution in [1.82, 2.24) is 5.48 Å². The predicted octanol–water partition coefficient (Wildman–Crippen LogP) is -1.16. The minimum Gasteiger partial charge on any atom is -0.317 e. The molecule has 0 aromatic carbocycles. The van der Waals surface area contributed by atoms with Crippen molar-refractivity contribution in [3.05, 3.63) is 0 Å². The second-order valence-electron chi connectivity index (χ2n) is 0.224. The van der Waals surface area contributed by atoms with E-state index in [1.54, 1.807) is 5.48 Å². The Morgan fingerprint density at radius 3 is 1.50 bits per heavy atom. The van der Waals surface area contributed by atoms with Crippen LogP contribution in [0.25, 0.3) is 0 Å². The van der Waals surface area contributed by atoms with E-state index in [2.05, 4.69) is 11.7 Å². The summed E-state index contributed by atoms with van der Waals surface area (Å²) in [6.45, 7) is 0. The quantitative estimate of drug-likeness (QED) is 0.237. The first kappa shape index (κ1) is 16.5. The van der Waals surface area contributed by atoms with Gasteiger partial charge >= 0.3 is 0 Å². The van der Waals surface area contributed by atoms with Crippen molar-refractivity contribution in [3.63, 3.8) is 0 Å². The van der Waals surface area contributed by atoms with Crippen molar-refractivity contribution in [1.29, 1.82) is 0 Å². The zero-order valence-corrected chi connectivity index (χ0v) is 4.33. The monoisotopic (exact) mass is 115 g/mol. The molecule has 0 aliphatic carbocycles. The topological polar surface area (TPSA) is 84.3 Å². The lowest BCUT2D eigenvalue weighted by molar-refractivity contribution is 0.194. The van der Waals surface area contributed by atoms with Gasteiger partial charge in [0.15, 0.2) is 0 Å². The van der Waals surface area contributed by atoms with Crippen LogP contribution in [0.4, 0.5) is 0 Å². The summed E-state index contributed by atoms with van der Waals surface area (Å²) in [6.07, 6.45) is 0. The number of rotatable bonds is 0. The normalized spacial score (nSPS) is 4.00. The first-order chi connectivity index (χ1) is 2.41. The third kappa shape index (κ3) is 2390. The van der Waals surface area contributed by atoms with Crippen molar-refractivity contribution in [2.45, 2.75) is 0 Å². The van der Waals surface area contributed by atoms with Gasteiger partial charge in [-0.15, -0.1) is 12.4 Å². The Hall–Kier alpha value is 0.130. The average Bonchev–Trinajstić information content (AvgIpc) is 1.46. The summed E-state index contributed by atoms with van der Waals surface area (Å²) in [4.78, 5) is 0. The summed E-state index contributed by atoms with van der Waals surface area (Å²) in [5.74, 6) is 8.00. The number of hydrogen-bond acceptors (Lipinski definition) is 4. The van der Waals surface area contributed by atoms with Gasteiger partial charge in [0, 0.05) is 7.05 Å². The molecule has 0 rings (SSSR count).